The van der Waals surface area contributed by atoms with Gasteiger partial charge in [0.15, 0.2) is 12.2 Å². The number of ether oxygens (including phenoxy) is 4. The third kappa shape index (κ3) is 62.1. The molecule has 0 aliphatic rings. The van der Waals surface area contributed by atoms with Gasteiger partial charge in [0, 0.05) is 25.7 Å². The molecule has 0 aromatic rings. The van der Waals surface area contributed by atoms with Crippen LogP contribution >= 0.6 is 15.6 Å². The fourth-order valence-corrected chi connectivity index (χ4v) is 11.2. The van der Waals surface area contributed by atoms with E-state index in [0.29, 0.717) is 37.5 Å². The lowest BCUT2D eigenvalue weighted by molar-refractivity contribution is -0.161. The van der Waals surface area contributed by atoms with Crippen LogP contribution in [0.15, 0.2) is 24.3 Å². The first-order chi connectivity index (χ1) is 41.7. The van der Waals surface area contributed by atoms with Gasteiger partial charge in [-0.15, -0.1) is 0 Å². The lowest BCUT2D eigenvalue weighted by Crippen LogP contribution is -2.30. The van der Waals surface area contributed by atoms with Gasteiger partial charge < -0.3 is 33.8 Å². The Kier molecular flexibility index (Phi) is 57.0. The molecule has 0 bridgehead atoms. The van der Waals surface area contributed by atoms with Crippen molar-refractivity contribution >= 4 is 39.5 Å². The number of aliphatic hydroxyl groups is 1. The van der Waals surface area contributed by atoms with Gasteiger partial charge >= 0.3 is 39.5 Å². The van der Waals surface area contributed by atoms with Crippen molar-refractivity contribution < 1.29 is 80.2 Å². The van der Waals surface area contributed by atoms with Gasteiger partial charge in [-0.25, -0.2) is 9.13 Å². The quantitative estimate of drug-likeness (QED) is 0.0169. The molecular formula is C68H128O17P2. The molecule has 0 rings (SSSR count). The number of unbranched alkanes of at least 4 members (excludes halogenated alkanes) is 29. The number of hydrogen-bond donors (Lipinski definition) is 3. The second-order valence-electron chi connectivity index (χ2n) is 25.3. The van der Waals surface area contributed by atoms with E-state index >= 15 is 0 Å². The number of aliphatic hydroxyl groups excluding tert-OH is 1. The average Bonchev–Trinajstić information content (AvgIpc) is 3.68. The Morgan fingerprint density at radius 1 is 0.356 bits per heavy atom. The SMILES string of the molecule is CCCCCC/C=C\C=C/CCCCCCCC(=O)O[C@H](COC(=O)CCCCCCCCC(C)C)COP(=O)(O)OC[C@H](O)COP(=O)(O)OC[C@@H](COC(=O)CCCCCCCCCCCC(C)C)OC(=O)CCCCCCCCCCC(C)C. The van der Waals surface area contributed by atoms with E-state index in [-0.39, 0.29) is 25.7 Å². The highest BCUT2D eigenvalue weighted by Crippen LogP contribution is 2.45. The van der Waals surface area contributed by atoms with Crippen molar-refractivity contribution in [2.75, 3.05) is 39.6 Å². The minimum atomic E-state index is -4.96. The number of phosphoric ester groups is 2. The Balaban J connectivity index is 5.28. The molecule has 0 radical (unpaired) electrons. The summed E-state index contributed by atoms with van der Waals surface area (Å²) in [6.45, 7) is 11.6. The number of carbonyl (C=O) groups is 4. The van der Waals surface area contributed by atoms with E-state index < -0.39 is 97.5 Å². The first-order valence-corrected chi connectivity index (χ1v) is 37.7. The molecule has 512 valence electrons. The highest BCUT2D eigenvalue weighted by molar-refractivity contribution is 7.47. The van der Waals surface area contributed by atoms with E-state index in [1.54, 1.807) is 0 Å². The van der Waals surface area contributed by atoms with Crippen molar-refractivity contribution in [3.8, 4) is 0 Å². The molecule has 0 fully saturated rings. The van der Waals surface area contributed by atoms with Crippen molar-refractivity contribution in [2.24, 2.45) is 17.8 Å². The lowest BCUT2D eigenvalue weighted by atomic mass is 10.0. The van der Waals surface area contributed by atoms with Crippen LogP contribution in [0.5, 0.6) is 0 Å². The fraction of sp³-hybridized carbons (Fsp3) is 0.882. The summed E-state index contributed by atoms with van der Waals surface area (Å²) in [5, 5.41) is 10.6. The number of hydrogen-bond acceptors (Lipinski definition) is 15. The minimum absolute atomic E-state index is 0.0833. The lowest BCUT2D eigenvalue weighted by Gasteiger charge is -2.21. The summed E-state index contributed by atoms with van der Waals surface area (Å²) >= 11 is 0. The van der Waals surface area contributed by atoms with Crippen LogP contribution in [-0.4, -0.2) is 96.7 Å². The maximum atomic E-state index is 13.0. The zero-order chi connectivity index (χ0) is 64.5. The van der Waals surface area contributed by atoms with Crippen LogP contribution in [0.1, 0.15) is 312 Å². The summed E-state index contributed by atoms with van der Waals surface area (Å²) in [7, 11) is -9.91. The molecule has 0 saturated carbocycles. The first kappa shape index (κ1) is 84.5. The molecule has 2 unspecified atom stereocenters. The highest BCUT2D eigenvalue weighted by atomic mass is 31.2. The van der Waals surface area contributed by atoms with Crippen molar-refractivity contribution in [2.45, 2.75) is 330 Å². The summed E-state index contributed by atoms with van der Waals surface area (Å²) < 4.78 is 68.1. The Morgan fingerprint density at radius 2 is 0.621 bits per heavy atom. The molecule has 0 spiro atoms. The van der Waals surface area contributed by atoms with E-state index in [4.69, 9.17) is 37.0 Å². The van der Waals surface area contributed by atoms with E-state index in [1.165, 1.54) is 103 Å². The second-order valence-corrected chi connectivity index (χ2v) is 28.2. The van der Waals surface area contributed by atoms with Gasteiger partial charge in [-0.05, 0) is 69.1 Å². The first-order valence-electron chi connectivity index (χ1n) is 34.7. The Morgan fingerprint density at radius 3 is 0.931 bits per heavy atom. The zero-order valence-electron chi connectivity index (χ0n) is 56.0. The van der Waals surface area contributed by atoms with Crippen molar-refractivity contribution in [1.29, 1.82) is 0 Å². The summed E-state index contributed by atoms with van der Waals surface area (Å²) in [6, 6.07) is 0. The van der Waals surface area contributed by atoms with E-state index in [2.05, 4.69) is 72.8 Å². The van der Waals surface area contributed by atoms with Gasteiger partial charge in [0.2, 0.25) is 0 Å². The van der Waals surface area contributed by atoms with Crippen LogP contribution in [0.3, 0.4) is 0 Å². The van der Waals surface area contributed by atoms with Crippen LogP contribution in [0, 0.1) is 17.8 Å². The van der Waals surface area contributed by atoms with Gasteiger partial charge in [0.1, 0.15) is 19.3 Å². The third-order valence-electron chi connectivity index (χ3n) is 15.0. The van der Waals surface area contributed by atoms with E-state index in [0.717, 1.165) is 115 Å². The molecule has 5 atom stereocenters. The third-order valence-corrected chi connectivity index (χ3v) is 16.9. The van der Waals surface area contributed by atoms with Gasteiger partial charge in [0.25, 0.3) is 0 Å². The summed E-state index contributed by atoms with van der Waals surface area (Å²) in [5.74, 6) is -0.0293. The average molecular weight is 1280 g/mol. The number of carbonyl (C=O) groups excluding carboxylic acids is 4. The van der Waals surface area contributed by atoms with Crippen LogP contribution in [0.2, 0.25) is 0 Å². The molecule has 0 aliphatic heterocycles. The van der Waals surface area contributed by atoms with Crippen LogP contribution in [0.25, 0.3) is 0 Å². The van der Waals surface area contributed by atoms with Crippen LogP contribution in [-0.2, 0) is 65.4 Å². The number of allylic oxidation sites excluding steroid dienone is 4. The number of esters is 4. The normalized spacial score (nSPS) is 14.4. The minimum Gasteiger partial charge on any atom is -0.462 e. The van der Waals surface area contributed by atoms with Crippen molar-refractivity contribution in [3.05, 3.63) is 24.3 Å². The van der Waals surface area contributed by atoms with E-state index in [9.17, 15) is 43.2 Å². The predicted molar refractivity (Wildman–Crippen MR) is 349 cm³/mol. The van der Waals surface area contributed by atoms with Gasteiger partial charge in [-0.1, -0.05) is 259 Å². The fourth-order valence-electron chi connectivity index (χ4n) is 9.65. The second kappa shape index (κ2) is 58.6. The smallest absolute Gasteiger partial charge is 0.462 e. The topological polar surface area (TPSA) is 237 Å². The predicted octanol–water partition coefficient (Wildman–Crippen LogP) is 18.6. The molecule has 0 heterocycles. The summed E-state index contributed by atoms with van der Waals surface area (Å²) in [4.78, 5) is 72.4. The van der Waals surface area contributed by atoms with E-state index in [1.807, 2.05) is 0 Å². The largest absolute Gasteiger partial charge is 0.472 e. The molecule has 3 N–H and O–H groups in total. The molecule has 19 heteroatoms. The molecule has 87 heavy (non-hydrogen) atoms. The number of rotatable bonds is 64. The summed E-state index contributed by atoms with van der Waals surface area (Å²) in [6.07, 6.45) is 44.1. The van der Waals surface area contributed by atoms with Gasteiger partial charge in [-0.2, -0.15) is 0 Å². The standard InChI is InChI=1S/C68H128O17P2/c1-8-9-10-11-12-13-14-15-16-17-18-21-28-37-44-51-67(72)84-64(56-79-66(71)50-43-36-31-30-34-41-48-61(6)7)58-83-87(76,77)81-54-62(69)53-80-86(74,75)82-57-63(85-68(73)52-45-38-29-24-23-26-33-40-47-60(4)5)55-78-65(70)49-42-35-27-22-19-20-25-32-39-46-59(2)3/h13-16,59-64,69H,8-12,17-58H2,1-7H3,(H,74,75)(H,76,77)/b14-13-,16-15-/t62-,63-,64-/m1/s1. The number of phosphoric acid groups is 2. The zero-order valence-corrected chi connectivity index (χ0v) is 57.7. The molecule has 0 saturated heterocycles. The van der Waals surface area contributed by atoms with Crippen LogP contribution < -0.4 is 0 Å². The van der Waals surface area contributed by atoms with Crippen molar-refractivity contribution in [3.63, 3.8) is 0 Å². The Bertz CT molecular complexity index is 1810. The molecule has 0 aromatic heterocycles. The highest BCUT2D eigenvalue weighted by Gasteiger charge is 2.30. The molecule has 0 amide bonds. The Labute approximate surface area is 529 Å². The van der Waals surface area contributed by atoms with Crippen molar-refractivity contribution in [1.82, 2.24) is 0 Å². The maximum Gasteiger partial charge on any atom is 0.472 e. The maximum absolute atomic E-state index is 13.0. The molecular weight excluding hydrogens is 1150 g/mol. The van der Waals surface area contributed by atoms with Gasteiger partial charge in [0.05, 0.1) is 26.4 Å². The van der Waals surface area contributed by atoms with Gasteiger partial charge in [-0.3, -0.25) is 37.3 Å². The summed E-state index contributed by atoms with van der Waals surface area (Å²) in [5.41, 5.74) is 0. The molecule has 17 nitrogen and oxygen atoms in total. The molecule has 0 aliphatic carbocycles. The monoisotopic (exact) mass is 1280 g/mol. The Hall–Kier alpha value is -2.46. The molecule has 0 aromatic carbocycles. The van der Waals surface area contributed by atoms with Crippen LogP contribution in [0.4, 0.5) is 0 Å².